The van der Waals surface area contributed by atoms with Crippen LogP contribution in [0.1, 0.15) is 26.2 Å². The van der Waals surface area contributed by atoms with Crippen LogP contribution in [-0.4, -0.2) is 24.7 Å². The number of nitro benzene ring substituents is 1. The zero-order valence-corrected chi connectivity index (χ0v) is 15.3. The fourth-order valence-electron chi connectivity index (χ4n) is 2.29. The van der Waals surface area contributed by atoms with Gasteiger partial charge in [-0.2, -0.15) is 0 Å². The molecule has 2 rings (SSSR count). The summed E-state index contributed by atoms with van der Waals surface area (Å²) in [5.41, 5.74) is 0.399. The van der Waals surface area contributed by atoms with Crippen molar-refractivity contribution in [2.45, 2.75) is 26.2 Å². The van der Waals surface area contributed by atoms with E-state index in [4.69, 9.17) is 14.2 Å². The molecule has 8 heteroatoms. The Labute approximate surface area is 157 Å². The largest absolute Gasteiger partial charge is 0.493 e. The van der Waals surface area contributed by atoms with E-state index < -0.39 is 11.0 Å². The molecule has 0 aliphatic rings. The van der Waals surface area contributed by atoms with Gasteiger partial charge >= 0.3 is 6.09 Å². The molecule has 144 valence electrons. The molecule has 0 saturated carbocycles. The molecular formula is C19H22N2O6. The molecule has 0 aliphatic heterocycles. The highest BCUT2D eigenvalue weighted by Crippen LogP contribution is 2.30. The van der Waals surface area contributed by atoms with E-state index in [0.717, 1.165) is 19.3 Å². The third kappa shape index (κ3) is 6.18. The van der Waals surface area contributed by atoms with Gasteiger partial charge in [-0.3, -0.25) is 15.4 Å². The maximum Gasteiger partial charge on any atom is 0.417 e. The van der Waals surface area contributed by atoms with Crippen LogP contribution < -0.4 is 19.5 Å². The van der Waals surface area contributed by atoms with E-state index in [-0.39, 0.29) is 11.4 Å². The Bertz CT molecular complexity index is 776. The summed E-state index contributed by atoms with van der Waals surface area (Å²) in [6.07, 6.45) is 2.38. The highest BCUT2D eigenvalue weighted by molar-refractivity contribution is 5.86. The number of ether oxygens (including phenoxy) is 3. The average Bonchev–Trinajstić information content (AvgIpc) is 2.66. The van der Waals surface area contributed by atoms with Crippen LogP contribution in [-0.2, 0) is 0 Å². The summed E-state index contributed by atoms with van der Waals surface area (Å²) in [6, 6.07) is 10.2. The summed E-state index contributed by atoms with van der Waals surface area (Å²) < 4.78 is 16.1. The van der Waals surface area contributed by atoms with Crippen molar-refractivity contribution in [3.05, 3.63) is 52.6 Å². The van der Waals surface area contributed by atoms with Crippen molar-refractivity contribution >= 4 is 17.5 Å². The molecule has 0 saturated heterocycles. The van der Waals surface area contributed by atoms with E-state index >= 15 is 0 Å². The van der Waals surface area contributed by atoms with E-state index in [2.05, 4.69) is 12.2 Å². The zero-order chi connectivity index (χ0) is 19.6. The van der Waals surface area contributed by atoms with E-state index in [1.807, 2.05) is 0 Å². The Kier molecular flexibility index (Phi) is 7.42. The molecule has 0 aromatic heterocycles. The van der Waals surface area contributed by atoms with Crippen molar-refractivity contribution in [1.82, 2.24) is 0 Å². The first-order valence-corrected chi connectivity index (χ1v) is 8.57. The van der Waals surface area contributed by atoms with Gasteiger partial charge in [-0.15, -0.1) is 0 Å². The predicted molar refractivity (Wildman–Crippen MR) is 101 cm³/mol. The van der Waals surface area contributed by atoms with Crippen molar-refractivity contribution in [2.75, 3.05) is 19.0 Å². The standard InChI is InChI=1S/C19H22N2O6/c1-3-4-5-12-26-18-13-14(6-11-17(18)25-2)20-19(22)27-16-9-7-15(8-10-16)21(23)24/h6-11,13H,3-5,12H2,1-2H3,(H,20,22). The molecule has 0 unspecified atom stereocenters. The minimum atomic E-state index is -0.717. The van der Waals surface area contributed by atoms with Gasteiger partial charge in [0, 0.05) is 23.9 Å². The maximum absolute atomic E-state index is 12.0. The molecule has 0 bridgehead atoms. The summed E-state index contributed by atoms with van der Waals surface area (Å²) in [6.45, 7) is 2.67. The van der Waals surface area contributed by atoms with Crippen molar-refractivity contribution < 1.29 is 23.9 Å². The second-order valence-electron chi connectivity index (χ2n) is 5.69. The fraction of sp³-hybridized carbons (Fsp3) is 0.316. The summed E-state index contributed by atoms with van der Waals surface area (Å²) in [5, 5.41) is 13.2. The first-order chi connectivity index (χ1) is 13.0. The predicted octanol–water partition coefficient (Wildman–Crippen LogP) is 4.78. The molecule has 0 radical (unpaired) electrons. The number of anilines is 1. The quantitative estimate of drug-likeness (QED) is 0.385. The Morgan fingerprint density at radius 3 is 2.48 bits per heavy atom. The van der Waals surface area contributed by atoms with Gasteiger partial charge in [-0.25, -0.2) is 4.79 Å². The van der Waals surface area contributed by atoms with Crippen molar-refractivity contribution in [3.8, 4) is 17.2 Å². The smallest absolute Gasteiger partial charge is 0.417 e. The minimum absolute atomic E-state index is 0.0808. The number of carbonyl (C=O) groups is 1. The lowest BCUT2D eigenvalue weighted by atomic mass is 10.2. The summed E-state index contributed by atoms with van der Waals surface area (Å²) in [7, 11) is 1.55. The Morgan fingerprint density at radius 1 is 1.11 bits per heavy atom. The number of carbonyl (C=O) groups excluding carboxylic acids is 1. The Hall–Kier alpha value is -3.29. The number of non-ortho nitro benzene ring substituents is 1. The number of rotatable bonds is 9. The van der Waals surface area contributed by atoms with Crippen LogP contribution in [0.15, 0.2) is 42.5 Å². The summed E-state index contributed by atoms with van der Waals surface area (Å²) in [5.74, 6) is 1.30. The van der Waals surface area contributed by atoms with Crippen LogP contribution in [0.2, 0.25) is 0 Å². The molecule has 27 heavy (non-hydrogen) atoms. The van der Waals surface area contributed by atoms with E-state index in [1.54, 1.807) is 25.3 Å². The lowest BCUT2D eigenvalue weighted by Crippen LogP contribution is -2.16. The topological polar surface area (TPSA) is 99.9 Å². The number of unbranched alkanes of at least 4 members (excludes halogenated alkanes) is 2. The van der Waals surface area contributed by atoms with Gasteiger partial charge in [-0.1, -0.05) is 19.8 Å². The van der Waals surface area contributed by atoms with E-state index in [0.29, 0.717) is 23.8 Å². The molecular weight excluding hydrogens is 352 g/mol. The molecule has 0 atom stereocenters. The Balaban J connectivity index is 1.98. The maximum atomic E-state index is 12.0. The number of nitro groups is 1. The molecule has 8 nitrogen and oxygen atoms in total. The molecule has 0 heterocycles. The lowest BCUT2D eigenvalue weighted by molar-refractivity contribution is -0.384. The number of methoxy groups -OCH3 is 1. The van der Waals surface area contributed by atoms with Gasteiger partial charge in [0.2, 0.25) is 0 Å². The number of amides is 1. The highest BCUT2D eigenvalue weighted by atomic mass is 16.6. The van der Waals surface area contributed by atoms with Crippen molar-refractivity contribution in [3.63, 3.8) is 0 Å². The second-order valence-corrected chi connectivity index (χ2v) is 5.69. The molecule has 2 aromatic rings. The molecule has 0 spiro atoms. The number of hydrogen-bond donors (Lipinski definition) is 1. The van der Waals surface area contributed by atoms with Gasteiger partial charge in [0.1, 0.15) is 5.75 Å². The van der Waals surface area contributed by atoms with Crippen LogP contribution in [0.25, 0.3) is 0 Å². The first-order valence-electron chi connectivity index (χ1n) is 8.57. The molecule has 0 fully saturated rings. The van der Waals surface area contributed by atoms with Crippen molar-refractivity contribution in [2.24, 2.45) is 0 Å². The lowest BCUT2D eigenvalue weighted by Gasteiger charge is -2.13. The summed E-state index contributed by atoms with van der Waals surface area (Å²) in [4.78, 5) is 22.1. The van der Waals surface area contributed by atoms with Crippen LogP contribution >= 0.6 is 0 Å². The van der Waals surface area contributed by atoms with E-state index in [9.17, 15) is 14.9 Å². The van der Waals surface area contributed by atoms with Crippen molar-refractivity contribution in [1.29, 1.82) is 0 Å². The zero-order valence-electron chi connectivity index (χ0n) is 15.3. The summed E-state index contributed by atoms with van der Waals surface area (Å²) >= 11 is 0. The third-order valence-corrected chi connectivity index (χ3v) is 3.67. The number of nitrogens with one attached hydrogen (secondary N) is 1. The van der Waals surface area contributed by atoms with Crippen LogP contribution in [0.4, 0.5) is 16.2 Å². The molecule has 0 aliphatic carbocycles. The third-order valence-electron chi connectivity index (χ3n) is 3.67. The number of nitrogens with zero attached hydrogens (tertiary/aromatic N) is 1. The molecule has 1 N–H and O–H groups in total. The van der Waals surface area contributed by atoms with Gasteiger partial charge in [0.25, 0.3) is 5.69 Å². The normalized spacial score (nSPS) is 10.1. The SMILES string of the molecule is CCCCCOc1cc(NC(=O)Oc2ccc([N+](=O)[O-])cc2)ccc1OC. The molecule has 2 aromatic carbocycles. The van der Waals surface area contributed by atoms with Gasteiger partial charge < -0.3 is 14.2 Å². The van der Waals surface area contributed by atoms with Crippen LogP contribution in [0.3, 0.4) is 0 Å². The monoisotopic (exact) mass is 374 g/mol. The average molecular weight is 374 g/mol. The first kappa shape index (κ1) is 20.0. The fourth-order valence-corrected chi connectivity index (χ4v) is 2.29. The highest BCUT2D eigenvalue weighted by Gasteiger charge is 2.11. The van der Waals surface area contributed by atoms with Gasteiger partial charge in [0.15, 0.2) is 11.5 Å². The molecule has 1 amide bonds. The van der Waals surface area contributed by atoms with E-state index in [1.165, 1.54) is 24.3 Å². The van der Waals surface area contributed by atoms with Crippen LogP contribution in [0.5, 0.6) is 17.2 Å². The minimum Gasteiger partial charge on any atom is -0.493 e. The van der Waals surface area contributed by atoms with Crippen LogP contribution in [0, 0.1) is 10.1 Å². The Morgan fingerprint density at radius 2 is 1.85 bits per heavy atom. The van der Waals surface area contributed by atoms with Gasteiger partial charge in [0.05, 0.1) is 18.6 Å². The number of benzene rings is 2. The second kappa shape index (κ2) is 10.0. The van der Waals surface area contributed by atoms with Gasteiger partial charge in [-0.05, 0) is 30.7 Å². The number of hydrogen-bond acceptors (Lipinski definition) is 6.